The molecule has 0 atom stereocenters. The number of fused-ring (bicyclic) bond motifs is 4. The van der Waals surface area contributed by atoms with Crippen LogP contribution in [0.4, 0.5) is 39.8 Å². The molecule has 3 heterocycles. The summed E-state index contributed by atoms with van der Waals surface area (Å²) in [6.07, 6.45) is 1.94. The highest BCUT2D eigenvalue weighted by molar-refractivity contribution is 6.10. The molecule has 0 unspecified atom stereocenters. The first-order valence-electron chi connectivity index (χ1n) is 18.8. The molecular weight excluding hydrogens is 671 g/mol. The Kier molecular flexibility index (Phi) is 7.92. The van der Waals surface area contributed by atoms with E-state index in [-0.39, 0.29) is 0 Å². The second-order valence-electron chi connectivity index (χ2n) is 14.2. The van der Waals surface area contributed by atoms with Crippen LogP contribution in [0.25, 0.3) is 38.8 Å². The van der Waals surface area contributed by atoms with Crippen LogP contribution in [0.3, 0.4) is 0 Å². The lowest BCUT2D eigenvalue weighted by molar-refractivity contribution is 0.990. The topological polar surface area (TPSA) is 27.5 Å². The minimum absolute atomic E-state index is 0.721. The molecule has 5 heteroatoms. The molecule has 0 bridgehead atoms. The fraction of sp³-hybridized carbons (Fsp3) is 0.0600. The molecule has 1 aliphatic heterocycles. The van der Waals surface area contributed by atoms with Crippen LogP contribution in [-0.2, 0) is 0 Å². The Morgan fingerprint density at radius 1 is 0.473 bits per heavy atom. The molecule has 0 N–H and O–H groups in total. The molecule has 10 rings (SSSR count). The minimum Gasteiger partial charge on any atom is -0.321 e. The van der Waals surface area contributed by atoms with Crippen molar-refractivity contribution in [2.75, 3.05) is 21.4 Å². The quantitative estimate of drug-likeness (QED) is 0.165. The lowest BCUT2D eigenvalue weighted by Gasteiger charge is -2.28. The van der Waals surface area contributed by atoms with Crippen molar-refractivity contribution in [1.82, 2.24) is 9.55 Å². The van der Waals surface area contributed by atoms with E-state index < -0.39 is 0 Å². The molecule has 0 spiro atoms. The number of aryl methyl sites for hydroxylation is 2. The lowest BCUT2D eigenvalue weighted by Crippen LogP contribution is -2.24. The van der Waals surface area contributed by atoms with Crippen LogP contribution < -0.4 is 14.7 Å². The zero-order valence-corrected chi connectivity index (χ0v) is 30.8. The van der Waals surface area contributed by atoms with Gasteiger partial charge in [-0.05, 0) is 121 Å². The Bertz CT molecular complexity index is 2820. The highest BCUT2D eigenvalue weighted by Gasteiger charge is 2.28. The molecule has 7 aromatic carbocycles. The Morgan fingerprint density at radius 3 is 1.85 bits per heavy atom. The largest absolute Gasteiger partial charge is 0.321 e. The molecule has 1 aliphatic rings. The molecule has 2 aromatic heterocycles. The summed E-state index contributed by atoms with van der Waals surface area (Å²) in [7, 11) is 0. The van der Waals surface area contributed by atoms with Crippen LogP contribution in [0.1, 0.15) is 11.1 Å². The predicted octanol–water partition coefficient (Wildman–Crippen LogP) is 13.2. The second-order valence-corrected chi connectivity index (χ2v) is 14.2. The standard InChI is InChI=1S/C50H39N5/c1-35-15-13-16-36(2)50(35)37-29-30-51-49(31-37)55-45-24-10-9-23-43(45)44-28-27-42(33-48(44)55)54(39-19-7-4-8-20-39)41-22-14-21-40(32-41)53-34-52(38-17-5-3-6-18-38)46-25-11-12-26-47(46)53/h3-33H,34H2,1-2H3. The number of hydrogen-bond acceptors (Lipinski definition) is 4. The number of pyridine rings is 1. The van der Waals surface area contributed by atoms with E-state index in [9.17, 15) is 0 Å². The number of nitrogens with zero attached hydrogens (tertiary/aromatic N) is 5. The normalized spacial score (nSPS) is 12.4. The van der Waals surface area contributed by atoms with Crippen molar-refractivity contribution >= 4 is 61.6 Å². The van der Waals surface area contributed by atoms with Crippen LogP contribution in [0, 0.1) is 13.8 Å². The third-order valence-electron chi connectivity index (χ3n) is 10.9. The summed E-state index contributed by atoms with van der Waals surface area (Å²) in [4.78, 5) is 12.2. The van der Waals surface area contributed by atoms with Crippen molar-refractivity contribution in [3.63, 3.8) is 0 Å². The highest BCUT2D eigenvalue weighted by atomic mass is 15.4. The van der Waals surface area contributed by atoms with Crippen LogP contribution in [0.15, 0.2) is 188 Å². The molecule has 55 heavy (non-hydrogen) atoms. The maximum absolute atomic E-state index is 5.00. The SMILES string of the molecule is Cc1cccc(C)c1-c1ccnc(-n2c3ccccc3c3ccc(N(c4ccccc4)c4cccc(N5CN(c6ccccc6)c6ccccc65)c4)cc32)c1. The number of para-hydroxylation sites is 5. The molecule has 0 amide bonds. The first kappa shape index (κ1) is 32.5. The number of rotatable bonds is 7. The van der Waals surface area contributed by atoms with E-state index in [0.29, 0.717) is 0 Å². The lowest BCUT2D eigenvalue weighted by atomic mass is 9.96. The number of benzene rings is 7. The van der Waals surface area contributed by atoms with Gasteiger partial charge in [0.05, 0.1) is 22.4 Å². The second kappa shape index (κ2) is 13.4. The third-order valence-corrected chi connectivity index (χ3v) is 10.9. The predicted molar refractivity (Wildman–Crippen MR) is 230 cm³/mol. The Hall–Kier alpha value is -7.11. The molecule has 9 aromatic rings. The highest BCUT2D eigenvalue weighted by Crippen LogP contribution is 2.46. The minimum atomic E-state index is 0.721. The van der Waals surface area contributed by atoms with Gasteiger partial charge in [0.25, 0.3) is 0 Å². The summed E-state index contributed by atoms with van der Waals surface area (Å²) in [6, 6.07) is 65.3. The molecule has 0 aliphatic carbocycles. The summed E-state index contributed by atoms with van der Waals surface area (Å²) in [5, 5.41) is 2.39. The summed E-state index contributed by atoms with van der Waals surface area (Å²) in [6.45, 7) is 5.09. The van der Waals surface area contributed by atoms with Crippen LogP contribution in [0.5, 0.6) is 0 Å². The third kappa shape index (κ3) is 5.60. The van der Waals surface area contributed by atoms with Gasteiger partial charge in [0.1, 0.15) is 12.5 Å². The molecule has 0 radical (unpaired) electrons. The van der Waals surface area contributed by atoms with Gasteiger partial charge in [0.15, 0.2) is 0 Å². The van der Waals surface area contributed by atoms with E-state index in [2.05, 4.69) is 215 Å². The summed E-state index contributed by atoms with van der Waals surface area (Å²) in [5.41, 5.74) is 15.1. The van der Waals surface area contributed by atoms with E-state index in [1.54, 1.807) is 0 Å². The summed E-state index contributed by atoms with van der Waals surface area (Å²) < 4.78 is 2.32. The average molecular weight is 710 g/mol. The van der Waals surface area contributed by atoms with Crippen molar-refractivity contribution in [2.24, 2.45) is 0 Å². The van der Waals surface area contributed by atoms with Crippen LogP contribution in [0.2, 0.25) is 0 Å². The molecule has 5 nitrogen and oxygen atoms in total. The van der Waals surface area contributed by atoms with Gasteiger partial charge in [-0.25, -0.2) is 4.98 Å². The van der Waals surface area contributed by atoms with Gasteiger partial charge < -0.3 is 14.7 Å². The van der Waals surface area contributed by atoms with Gasteiger partial charge in [0, 0.05) is 45.4 Å². The Morgan fingerprint density at radius 2 is 1.07 bits per heavy atom. The van der Waals surface area contributed by atoms with Gasteiger partial charge in [-0.1, -0.05) is 97.1 Å². The van der Waals surface area contributed by atoms with Gasteiger partial charge in [0.2, 0.25) is 0 Å². The van der Waals surface area contributed by atoms with Crippen molar-refractivity contribution in [3.05, 3.63) is 199 Å². The molecule has 0 saturated carbocycles. The van der Waals surface area contributed by atoms with E-state index in [1.807, 2.05) is 6.20 Å². The zero-order valence-electron chi connectivity index (χ0n) is 30.8. The zero-order chi connectivity index (χ0) is 36.9. The number of aromatic nitrogens is 2. The van der Waals surface area contributed by atoms with Gasteiger partial charge in [-0.2, -0.15) is 0 Å². The van der Waals surface area contributed by atoms with Gasteiger partial charge in [-0.3, -0.25) is 4.57 Å². The smallest absolute Gasteiger partial charge is 0.138 e. The first-order valence-corrected chi connectivity index (χ1v) is 18.8. The molecule has 0 saturated heterocycles. The molecule has 264 valence electrons. The van der Waals surface area contributed by atoms with E-state index in [1.165, 1.54) is 50.1 Å². The van der Waals surface area contributed by atoms with Crippen molar-refractivity contribution in [2.45, 2.75) is 13.8 Å². The van der Waals surface area contributed by atoms with Crippen LogP contribution in [-0.4, -0.2) is 16.2 Å². The van der Waals surface area contributed by atoms with Crippen molar-refractivity contribution < 1.29 is 0 Å². The maximum Gasteiger partial charge on any atom is 0.138 e. The van der Waals surface area contributed by atoms with Crippen LogP contribution >= 0.6 is 0 Å². The van der Waals surface area contributed by atoms with Crippen molar-refractivity contribution in [3.8, 4) is 16.9 Å². The van der Waals surface area contributed by atoms with Crippen molar-refractivity contribution in [1.29, 1.82) is 0 Å². The first-order chi connectivity index (χ1) is 27.1. The van der Waals surface area contributed by atoms with Gasteiger partial charge >= 0.3 is 0 Å². The maximum atomic E-state index is 5.00. The Balaban J connectivity index is 1.12. The summed E-state index contributed by atoms with van der Waals surface area (Å²) in [5.74, 6) is 0.896. The molecular formula is C50H39N5. The number of hydrogen-bond donors (Lipinski definition) is 0. The fourth-order valence-electron chi connectivity index (χ4n) is 8.40. The average Bonchev–Trinajstić information content (AvgIpc) is 3.78. The van der Waals surface area contributed by atoms with E-state index >= 15 is 0 Å². The Labute approximate surface area is 321 Å². The van der Waals surface area contributed by atoms with E-state index in [4.69, 9.17) is 4.98 Å². The van der Waals surface area contributed by atoms with Gasteiger partial charge in [-0.15, -0.1) is 0 Å². The fourth-order valence-corrected chi connectivity index (χ4v) is 8.40. The van der Waals surface area contributed by atoms with E-state index in [0.717, 1.165) is 46.3 Å². The molecule has 0 fully saturated rings. The summed E-state index contributed by atoms with van der Waals surface area (Å²) >= 11 is 0. The number of anilines is 7. The monoisotopic (exact) mass is 709 g/mol.